The highest BCUT2D eigenvalue weighted by molar-refractivity contribution is 5.75. The number of fused-ring (bicyclic) bond motifs is 1. The number of pyridine rings is 1. The molecule has 2 aliphatic rings. The van der Waals surface area contributed by atoms with E-state index in [4.69, 9.17) is 4.74 Å². The minimum absolute atomic E-state index is 0.168. The molecule has 0 aromatic carbocycles. The van der Waals surface area contributed by atoms with Gasteiger partial charge in [-0.25, -0.2) is 4.98 Å². The Kier molecular flexibility index (Phi) is 3.00. The van der Waals surface area contributed by atoms with Crippen LogP contribution in [-0.4, -0.2) is 35.3 Å². The monoisotopic (exact) mass is 271 g/mol. The van der Waals surface area contributed by atoms with Crippen LogP contribution in [0.5, 0.6) is 0 Å². The lowest BCUT2D eigenvalue weighted by Crippen LogP contribution is -2.41. The molecule has 20 heavy (non-hydrogen) atoms. The van der Waals surface area contributed by atoms with E-state index in [1.54, 1.807) is 0 Å². The van der Waals surface area contributed by atoms with Gasteiger partial charge in [0.05, 0.1) is 12.2 Å². The van der Waals surface area contributed by atoms with Gasteiger partial charge in [0.25, 0.3) is 0 Å². The summed E-state index contributed by atoms with van der Waals surface area (Å²) in [6.07, 6.45) is 8.58. The van der Waals surface area contributed by atoms with Crippen LogP contribution in [0.25, 0.3) is 11.0 Å². The zero-order valence-corrected chi connectivity index (χ0v) is 11.7. The molecule has 2 aromatic heterocycles. The van der Waals surface area contributed by atoms with Crippen LogP contribution < -0.4 is 5.32 Å². The summed E-state index contributed by atoms with van der Waals surface area (Å²) in [7, 11) is 0. The maximum Gasteiger partial charge on any atom is 0.137 e. The Bertz CT molecular complexity index is 601. The molecule has 2 N–H and O–H groups in total. The standard InChI is InChI=1S/C16H21N3O/c1-4-18-15-14(1)8-12(10-19-15)7-13-9-16(20-11-13)2-5-17-6-3-16/h1,4,8,10,13,17H,2-3,5-7,9,11H2,(H,18,19). The second-order valence-corrected chi connectivity index (χ2v) is 6.28. The number of nitrogens with zero attached hydrogens (tertiary/aromatic N) is 1. The molecule has 4 nitrogen and oxygen atoms in total. The van der Waals surface area contributed by atoms with Gasteiger partial charge < -0.3 is 15.0 Å². The summed E-state index contributed by atoms with van der Waals surface area (Å²) < 4.78 is 6.17. The molecule has 4 heterocycles. The first-order valence-corrected chi connectivity index (χ1v) is 7.60. The molecule has 0 amide bonds. The molecule has 2 aromatic rings. The van der Waals surface area contributed by atoms with E-state index < -0.39 is 0 Å². The lowest BCUT2D eigenvalue weighted by Gasteiger charge is -2.33. The summed E-state index contributed by atoms with van der Waals surface area (Å²) in [5.41, 5.74) is 2.48. The first-order chi connectivity index (χ1) is 9.83. The van der Waals surface area contributed by atoms with Crippen molar-refractivity contribution in [3.05, 3.63) is 30.1 Å². The van der Waals surface area contributed by atoms with E-state index in [0.29, 0.717) is 5.92 Å². The lowest BCUT2D eigenvalue weighted by molar-refractivity contribution is -0.0196. The van der Waals surface area contributed by atoms with Gasteiger partial charge in [-0.2, -0.15) is 0 Å². The largest absolute Gasteiger partial charge is 0.375 e. The fourth-order valence-corrected chi connectivity index (χ4v) is 3.73. The van der Waals surface area contributed by atoms with Gasteiger partial charge in [-0.3, -0.25) is 0 Å². The number of ether oxygens (including phenoxy) is 1. The van der Waals surface area contributed by atoms with Gasteiger partial charge in [0.1, 0.15) is 5.65 Å². The van der Waals surface area contributed by atoms with Gasteiger partial charge in [-0.05, 0) is 62.4 Å². The van der Waals surface area contributed by atoms with E-state index in [9.17, 15) is 0 Å². The van der Waals surface area contributed by atoms with Crippen LogP contribution in [0.2, 0.25) is 0 Å². The summed E-state index contributed by atoms with van der Waals surface area (Å²) in [5.74, 6) is 0.645. The van der Waals surface area contributed by atoms with Crippen molar-refractivity contribution >= 4 is 11.0 Å². The third-order valence-electron chi connectivity index (χ3n) is 4.78. The van der Waals surface area contributed by atoms with Crippen molar-refractivity contribution in [3.8, 4) is 0 Å². The van der Waals surface area contributed by atoms with E-state index in [-0.39, 0.29) is 5.60 Å². The van der Waals surface area contributed by atoms with Crippen LogP contribution in [0.1, 0.15) is 24.8 Å². The average molecular weight is 271 g/mol. The number of hydrogen-bond donors (Lipinski definition) is 2. The minimum Gasteiger partial charge on any atom is -0.375 e. The number of H-pyrrole nitrogens is 1. The van der Waals surface area contributed by atoms with Crippen molar-refractivity contribution in [1.82, 2.24) is 15.3 Å². The molecule has 0 aliphatic carbocycles. The molecule has 106 valence electrons. The molecular formula is C16H21N3O. The SMILES string of the molecule is c1cc2cc(CC3COC4(CCNCC4)C3)cnc2[nH]1. The van der Waals surface area contributed by atoms with Crippen molar-refractivity contribution in [3.63, 3.8) is 0 Å². The minimum atomic E-state index is 0.168. The van der Waals surface area contributed by atoms with Gasteiger partial charge in [0.15, 0.2) is 0 Å². The molecule has 4 rings (SSSR count). The van der Waals surface area contributed by atoms with Crippen LogP contribution in [0.15, 0.2) is 24.5 Å². The predicted octanol–water partition coefficient (Wildman–Crippen LogP) is 2.26. The highest BCUT2D eigenvalue weighted by Gasteiger charge is 2.40. The van der Waals surface area contributed by atoms with Crippen LogP contribution >= 0.6 is 0 Å². The summed E-state index contributed by atoms with van der Waals surface area (Å²) >= 11 is 0. The summed E-state index contributed by atoms with van der Waals surface area (Å²) in [4.78, 5) is 7.63. The predicted molar refractivity (Wildman–Crippen MR) is 78.7 cm³/mol. The third kappa shape index (κ3) is 2.23. The zero-order chi connectivity index (χ0) is 13.4. The summed E-state index contributed by atoms with van der Waals surface area (Å²) in [5, 5.41) is 4.63. The van der Waals surface area contributed by atoms with Crippen LogP contribution in [0.4, 0.5) is 0 Å². The van der Waals surface area contributed by atoms with E-state index in [2.05, 4.69) is 27.4 Å². The molecular weight excluding hydrogens is 250 g/mol. The maximum atomic E-state index is 6.17. The smallest absolute Gasteiger partial charge is 0.137 e. The molecule has 1 unspecified atom stereocenters. The topological polar surface area (TPSA) is 49.9 Å². The molecule has 0 radical (unpaired) electrons. The maximum absolute atomic E-state index is 6.17. The first-order valence-electron chi connectivity index (χ1n) is 7.60. The Hall–Kier alpha value is -1.39. The van der Waals surface area contributed by atoms with Crippen molar-refractivity contribution in [2.45, 2.75) is 31.3 Å². The van der Waals surface area contributed by atoms with Crippen LogP contribution in [0.3, 0.4) is 0 Å². The third-order valence-corrected chi connectivity index (χ3v) is 4.78. The Morgan fingerprint density at radius 3 is 3.15 bits per heavy atom. The van der Waals surface area contributed by atoms with Crippen molar-refractivity contribution in [2.24, 2.45) is 5.92 Å². The Morgan fingerprint density at radius 2 is 2.25 bits per heavy atom. The lowest BCUT2D eigenvalue weighted by atomic mass is 9.84. The molecule has 0 saturated carbocycles. The highest BCUT2D eigenvalue weighted by Crippen LogP contribution is 2.38. The van der Waals surface area contributed by atoms with Crippen LogP contribution in [0, 0.1) is 5.92 Å². The number of rotatable bonds is 2. The number of hydrogen-bond acceptors (Lipinski definition) is 3. The van der Waals surface area contributed by atoms with Crippen LogP contribution in [-0.2, 0) is 11.2 Å². The van der Waals surface area contributed by atoms with E-state index in [1.165, 1.54) is 30.2 Å². The van der Waals surface area contributed by atoms with E-state index in [1.807, 2.05) is 12.4 Å². The van der Waals surface area contributed by atoms with Gasteiger partial charge in [-0.1, -0.05) is 0 Å². The quantitative estimate of drug-likeness (QED) is 0.881. The van der Waals surface area contributed by atoms with Crippen molar-refractivity contribution < 1.29 is 4.74 Å². The molecule has 4 heteroatoms. The van der Waals surface area contributed by atoms with Crippen molar-refractivity contribution in [1.29, 1.82) is 0 Å². The van der Waals surface area contributed by atoms with Gasteiger partial charge >= 0.3 is 0 Å². The molecule has 1 spiro atoms. The first kappa shape index (κ1) is 12.4. The molecule has 2 aliphatic heterocycles. The fraction of sp³-hybridized carbons (Fsp3) is 0.562. The Morgan fingerprint density at radius 1 is 1.35 bits per heavy atom. The highest BCUT2D eigenvalue weighted by atomic mass is 16.5. The Labute approximate surface area is 118 Å². The van der Waals surface area contributed by atoms with E-state index in [0.717, 1.165) is 31.8 Å². The zero-order valence-electron chi connectivity index (χ0n) is 11.7. The number of aromatic nitrogens is 2. The second-order valence-electron chi connectivity index (χ2n) is 6.28. The molecule has 2 fully saturated rings. The van der Waals surface area contributed by atoms with Gasteiger partial charge in [-0.15, -0.1) is 0 Å². The fourth-order valence-electron chi connectivity index (χ4n) is 3.73. The second kappa shape index (κ2) is 4.86. The van der Waals surface area contributed by atoms with Crippen molar-refractivity contribution in [2.75, 3.05) is 19.7 Å². The number of piperidine rings is 1. The van der Waals surface area contributed by atoms with Gasteiger partial charge in [0, 0.05) is 17.8 Å². The summed E-state index contributed by atoms with van der Waals surface area (Å²) in [6.45, 7) is 3.11. The Balaban J connectivity index is 1.46. The molecule has 2 saturated heterocycles. The number of aromatic amines is 1. The average Bonchev–Trinajstić information content (AvgIpc) is 3.07. The molecule has 1 atom stereocenters. The van der Waals surface area contributed by atoms with E-state index >= 15 is 0 Å². The molecule has 0 bridgehead atoms. The normalized spacial score (nSPS) is 25.5. The summed E-state index contributed by atoms with van der Waals surface area (Å²) in [6, 6.07) is 4.34. The van der Waals surface area contributed by atoms with Gasteiger partial charge in [0.2, 0.25) is 0 Å². The number of nitrogens with one attached hydrogen (secondary N) is 2.